The molecule has 1 aliphatic rings. The Bertz CT molecular complexity index is 464. The fraction of sp³-hybridized carbons (Fsp3) is 0.500. The summed E-state index contributed by atoms with van der Waals surface area (Å²) in [6.45, 7) is 0.804. The molecule has 1 heterocycles. The smallest absolute Gasteiger partial charge is 0.316 e. The van der Waals surface area contributed by atoms with E-state index in [2.05, 4.69) is 0 Å². The minimum Gasteiger partial charge on any atom is -0.507 e. The number of aromatic hydroxyl groups is 1. The highest BCUT2D eigenvalue weighted by molar-refractivity contribution is 5.81. The molecule has 20 heavy (non-hydrogen) atoms. The van der Waals surface area contributed by atoms with Gasteiger partial charge in [0.15, 0.2) is 5.78 Å². The Morgan fingerprint density at radius 2 is 1.95 bits per heavy atom. The summed E-state index contributed by atoms with van der Waals surface area (Å²) in [6.07, 6.45) is 0. The number of hydrogen-bond acceptors (Lipinski definition) is 6. The maximum absolute atomic E-state index is 11.3. The third-order valence-electron chi connectivity index (χ3n) is 2.91. The summed E-state index contributed by atoms with van der Waals surface area (Å²) in [5.41, 5.74) is 0.367. The van der Waals surface area contributed by atoms with Crippen molar-refractivity contribution in [2.75, 3.05) is 40.5 Å². The van der Waals surface area contributed by atoms with Gasteiger partial charge in [-0.2, -0.15) is 0 Å². The number of para-hydroxylation sites is 1. The molecule has 2 rings (SSSR count). The van der Waals surface area contributed by atoms with Crippen molar-refractivity contribution in [3.05, 3.63) is 29.8 Å². The van der Waals surface area contributed by atoms with Crippen molar-refractivity contribution in [2.45, 2.75) is 5.97 Å². The van der Waals surface area contributed by atoms with E-state index in [0.717, 1.165) is 0 Å². The summed E-state index contributed by atoms with van der Waals surface area (Å²) in [7, 11) is 3.84. The normalized spacial score (nSPS) is 18.4. The van der Waals surface area contributed by atoms with Gasteiger partial charge in [0, 0.05) is 6.54 Å². The second-order valence-electron chi connectivity index (χ2n) is 4.84. The van der Waals surface area contributed by atoms with Crippen LogP contribution in [0.15, 0.2) is 24.3 Å². The van der Waals surface area contributed by atoms with Gasteiger partial charge < -0.3 is 24.2 Å². The van der Waals surface area contributed by atoms with Gasteiger partial charge in [-0.05, 0) is 26.2 Å². The fourth-order valence-electron chi connectivity index (χ4n) is 1.85. The molecule has 1 N–H and O–H groups in total. The van der Waals surface area contributed by atoms with Crippen molar-refractivity contribution in [1.82, 2.24) is 4.90 Å². The zero-order chi connectivity index (χ0) is 14.6. The highest BCUT2D eigenvalue weighted by Crippen LogP contribution is 2.36. The molecule has 1 aliphatic heterocycles. The van der Waals surface area contributed by atoms with Crippen molar-refractivity contribution in [1.29, 1.82) is 0 Å². The number of phenolic OH excluding ortho intramolecular Hbond substituents is 1. The number of ether oxygens (including phenoxy) is 3. The van der Waals surface area contributed by atoms with E-state index in [4.69, 9.17) is 14.2 Å². The summed E-state index contributed by atoms with van der Waals surface area (Å²) < 4.78 is 16.6. The monoisotopic (exact) mass is 281 g/mol. The molecule has 0 radical (unpaired) electrons. The zero-order valence-corrected chi connectivity index (χ0v) is 11.7. The molecule has 0 unspecified atom stereocenters. The molecule has 6 nitrogen and oxygen atoms in total. The third-order valence-corrected chi connectivity index (χ3v) is 2.91. The van der Waals surface area contributed by atoms with Crippen LogP contribution >= 0.6 is 0 Å². The lowest BCUT2D eigenvalue weighted by Gasteiger charge is -2.36. The third kappa shape index (κ3) is 3.34. The number of likely N-dealkylation sites (N-methyl/N-ethyl adjacent to an activating group) is 1. The maximum atomic E-state index is 11.3. The first-order chi connectivity index (χ1) is 9.53. The number of carbonyl (C=O) groups is 1. The van der Waals surface area contributed by atoms with Gasteiger partial charge in [0.05, 0.1) is 12.2 Å². The van der Waals surface area contributed by atoms with Gasteiger partial charge in [-0.1, -0.05) is 12.1 Å². The number of carbonyl (C=O) groups excluding carboxylic acids is 1. The number of Topliss-reactive ketones (excluding diaryl/α,β-unsaturated/α-hetero) is 1. The lowest BCUT2D eigenvalue weighted by atomic mass is 10.1. The standard InChI is InChI=1S/C14H19NO5/c1-15(2)7-8-18-14(19-9-11(16)10-20-14)12-5-3-4-6-13(12)17/h3-6,17H,7-10H2,1-2H3. The molecule has 0 atom stereocenters. The average Bonchev–Trinajstić information content (AvgIpc) is 2.42. The van der Waals surface area contributed by atoms with Crippen LogP contribution in [0.25, 0.3) is 0 Å². The Morgan fingerprint density at radius 3 is 2.55 bits per heavy atom. The molecule has 0 spiro atoms. The molecular weight excluding hydrogens is 262 g/mol. The summed E-state index contributed by atoms with van der Waals surface area (Å²) in [6, 6.07) is 6.62. The van der Waals surface area contributed by atoms with Crippen LogP contribution in [0.3, 0.4) is 0 Å². The number of benzene rings is 1. The van der Waals surface area contributed by atoms with Crippen LogP contribution in [0.1, 0.15) is 5.56 Å². The lowest BCUT2D eigenvalue weighted by Crippen LogP contribution is -2.45. The second-order valence-corrected chi connectivity index (χ2v) is 4.84. The lowest BCUT2D eigenvalue weighted by molar-refractivity contribution is -0.399. The number of phenols is 1. The average molecular weight is 281 g/mol. The molecule has 1 aromatic rings. The highest BCUT2D eigenvalue weighted by Gasteiger charge is 2.42. The van der Waals surface area contributed by atoms with Gasteiger partial charge in [-0.25, -0.2) is 0 Å². The van der Waals surface area contributed by atoms with Gasteiger partial charge in [-0.3, -0.25) is 4.79 Å². The minimum atomic E-state index is -1.52. The zero-order valence-electron chi connectivity index (χ0n) is 11.7. The van der Waals surface area contributed by atoms with Gasteiger partial charge in [0.1, 0.15) is 19.0 Å². The predicted octanol–water partition coefficient (Wildman–Crippen LogP) is 0.697. The summed E-state index contributed by atoms with van der Waals surface area (Å²) in [4.78, 5) is 13.2. The molecule has 110 valence electrons. The molecule has 1 saturated heterocycles. The van der Waals surface area contributed by atoms with Crippen LogP contribution < -0.4 is 0 Å². The fourth-order valence-corrected chi connectivity index (χ4v) is 1.85. The Labute approximate surface area is 117 Å². The summed E-state index contributed by atoms with van der Waals surface area (Å²) in [5, 5.41) is 9.97. The largest absolute Gasteiger partial charge is 0.507 e. The first-order valence-corrected chi connectivity index (χ1v) is 6.40. The van der Waals surface area contributed by atoms with Crippen molar-refractivity contribution in [3.8, 4) is 5.75 Å². The summed E-state index contributed by atoms with van der Waals surface area (Å²) >= 11 is 0. The van der Waals surface area contributed by atoms with Crippen LogP contribution in [0.2, 0.25) is 0 Å². The molecule has 6 heteroatoms. The highest BCUT2D eigenvalue weighted by atomic mass is 16.9. The Kier molecular flexibility index (Phi) is 4.72. The van der Waals surface area contributed by atoms with E-state index in [-0.39, 0.29) is 24.7 Å². The van der Waals surface area contributed by atoms with Crippen LogP contribution in [0, 0.1) is 0 Å². The van der Waals surface area contributed by atoms with Gasteiger partial charge in [0.2, 0.25) is 0 Å². The van der Waals surface area contributed by atoms with E-state index < -0.39 is 5.97 Å². The SMILES string of the molecule is CN(C)CCOC1(c2ccccc2O)OCC(=O)CO1. The number of hydrogen-bond donors (Lipinski definition) is 1. The maximum Gasteiger partial charge on any atom is 0.316 e. The number of ketones is 1. The molecule has 0 bridgehead atoms. The van der Waals surface area contributed by atoms with Crippen LogP contribution in [-0.2, 0) is 25.0 Å². The second kappa shape index (κ2) is 6.32. The minimum absolute atomic E-state index is 0.00621. The Hall–Kier alpha value is -1.47. The molecule has 0 aliphatic carbocycles. The predicted molar refractivity (Wildman–Crippen MR) is 71.2 cm³/mol. The van der Waals surface area contributed by atoms with Crippen molar-refractivity contribution >= 4 is 5.78 Å². The Morgan fingerprint density at radius 1 is 1.30 bits per heavy atom. The van der Waals surface area contributed by atoms with E-state index in [0.29, 0.717) is 18.7 Å². The molecule has 0 aromatic heterocycles. The van der Waals surface area contributed by atoms with Crippen LogP contribution in [-0.4, -0.2) is 56.3 Å². The topological polar surface area (TPSA) is 68.2 Å². The summed E-state index contributed by atoms with van der Waals surface area (Å²) in [5.74, 6) is -1.67. The van der Waals surface area contributed by atoms with Crippen LogP contribution in [0.4, 0.5) is 0 Å². The van der Waals surface area contributed by atoms with E-state index >= 15 is 0 Å². The van der Waals surface area contributed by atoms with E-state index in [1.54, 1.807) is 18.2 Å². The van der Waals surface area contributed by atoms with Crippen molar-refractivity contribution in [3.63, 3.8) is 0 Å². The molecule has 0 amide bonds. The van der Waals surface area contributed by atoms with Crippen molar-refractivity contribution in [2.24, 2.45) is 0 Å². The van der Waals surface area contributed by atoms with E-state index in [1.165, 1.54) is 6.07 Å². The molecule has 1 aromatic carbocycles. The molecule has 1 fully saturated rings. The van der Waals surface area contributed by atoms with Crippen molar-refractivity contribution < 1.29 is 24.1 Å². The molecule has 0 saturated carbocycles. The van der Waals surface area contributed by atoms with E-state index in [1.807, 2.05) is 19.0 Å². The van der Waals surface area contributed by atoms with E-state index in [9.17, 15) is 9.90 Å². The molecular formula is C14H19NO5. The van der Waals surface area contributed by atoms with Gasteiger partial charge in [-0.15, -0.1) is 0 Å². The quantitative estimate of drug-likeness (QED) is 0.856. The van der Waals surface area contributed by atoms with Gasteiger partial charge in [0.25, 0.3) is 0 Å². The Balaban J connectivity index is 2.20. The first kappa shape index (κ1) is 14.9. The van der Waals surface area contributed by atoms with Gasteiger partial charge >= 0.3 is 5.97 Å². The van der Waals surface area contributed by atoms with Crippen LogP contribution in [0.5, 0.6) is 5.75 Å². The first-order valence-electron chi connectivity index (χ1n) is 6.40. The number of nitrogens with zero attached hydrogens (tertiary/aromatic N) is 1. The number of rotatable bonds is 5.